The topological polar surface area (TPSA) is 35.6 Å². The number of anilines is 1. The lowest BCUT2D eigenvalue weighted by Gasteiger charge is -2.34. The fourth-order valence-electron chi connectivity index (χ4n) is 2.89. The fraction of sp³-hybridized carbons (Fsp3) is 0.316. The van der Waals surface area contributed by atoms with Crippen LogP contribution in [0.25, 0.3) is 0 Å². The molecule has 1 amide bonds. The van der Waals surface area contributed by atoms with E-state index in [-0.39, 0.29) is 5.91 Å². The Morgan fingerprint density at radius 3 is 2.20 bits per heavy atom. The SMILES string of the molecule is O=C(CN1CCN(Cc2ccc(Cl)cc2)CC1)Nc1ccc(Br)cc1. The molecule has 0 bridgehead atoms. The van der Waals surface area contributed by atoms with Crippen molar-refractivity contribution in [3.63, 3.8) is 0 Å². The van der Waals surface area contributed by atoms with E-state index in [0.29, 0.717) is 6.54 Å². The number of halogens is 2. The molecule has 1 N–H and O–H groups in total. The van der Waals surface area contributed by atoms with E-state index in [0.717, 1.165) is 47.9 Å². The van der Waals surface area contributed by atoms with Crippen LogP contribution in [0, 0.1) is 0 Å². The molecule has 0 spiro atoms. The molecule has 1 saturated heterocycles. The van der Waals surface area contributed by atoms with Crippen molar-refractivity contribution in [3.8, 4) is 0 Å². The second-order valence-corrected chi connectivity index (χ2v) is 7.59. The molecule has 25 heavy (non-hydrogen) atoms. The van der Waals surface area contributed by atoms with Crippen molar-refractivity contribution in [2.45, 2.75) is 6.54 Å². The predicted octanol–water partition coefficient (Wildman–Crippen LogP) is 3.86. The number of benzene rings is 2. The number of rotatable bonds is 5. The Hall–Kier alpha value is -1.40. The highest BCUT2D eigenvalue weighted by Gasteiger charge is 2.19. The summed E-state index contributed by atoms with van der Waals surface area (Å²) in [5.74, 6) is 0.0356. The molecule has 0 unspecified atom stereocenters. The molecule has 3 rings (SSSR count). The van der Waals surface area contributed by atoms with Gasteiger partial charge in [-0.2, -0.15) is 0 Å². The van der Waals surface area contributed by atoms with Gasteiger partial charge in [0, 0.05) is 47.9 Å². The van der Waals surface area contributed by atoms with Crippen LogP contribution in [0.15, 0.2) is 53.0 Å². The van der Waals surface area contributed by atoms with Crippen LogP contribution in [0.5, 0.6) is 0 Å². The van der Waals surface area contributed by atoms with Crippen LogP contribution in [0.4, 0.5) is 5.69 Å². The lowest BCUT2D eigenvalue weighted by molar-refractivity contribution is -0.117. The summed E-state index contributed by atoms with van der Waals surface area (Å²) >= 11 is 9.32. The van der Waals surface area contributed by atoms with Gasteiger partial charge in [-0.3, -0.25) is 14.6 Å². The van der Waals surface area contributed by atoms with Crippen LogP contribution >= 0.6 is 27.5 Å². The number of hydrogen-bond donors (Lipinski definition) is 1. The van der Waals surface area contributed by atoms with Gasteiger partial charge in [0.25, 0.3) is 0 Å². The minimum atomic E-state index is 0.0356. The molecule has 0 saturated carbocycles. The van der Waals surface area contributed by atoms with Gasteiger partial charge in [0.1, 0.15) is 0 Å². The van der Waals surface area contributed by atoms with Gasteiger partial charge in [0.05, 0.1) is 6.54 Å². The molecule has 0 atom stereocenters. The van der Waals surface area contributed by atoms with Gasteiger partial charge in [-0.25, -0.2) is 0 Å². The van der Waals surface area contributed by atoms with Crippen molar-refractivity contribution in [3.05, 3.63) is 63.6 Å². The molecular formula is C19H21BrClN3O. The largest absolute Gasteiger partial charge is 0.325 e. The van der Waals surface area contributed by atoms with E-state index in [2.05, 4.69) is 43.2 Å². The highest BCUT2D eigenvalue weighted by molar-refractivity contribution is 9.10. The van der Waals surface area contributed by atoms with Crippen molar-refractivity contribution in [1.29, 1.82) is 0 Å². The van der Waals surface area contributed by atoms with E-state index in [1.54, 1.807) is 0 Å². The zero-order valence-corrected chi connectivity index (χ0v) is 16.3. The molecule has 2 aromatic rings. The summed E-state index contributed by atoms with van der Waals surface area (Å²) in [7, 11) is 0. The van der Waals surface area contributed by atoms with E-state index in [9.17, 15) is 4.79 Å². The lowest BCUT2D eigenvalue weighted by Crippen LogP contribution is -2.48. The minimum Gasteiger partial charge on any atom is -0.325 e. The number of hydrogen-bond acceptors (Lipinski definition) is 3. The van der Waals surface area contributed by atoms with E-state index in [4.69, 9.17) is 11.6 Å². The summed E-state index contributed by atoms with van der Waals surface area (Å²) in [4.78, 5) is 16.8. The Morgan fingerprint density at radius 2 is 1.56 bits per heavy atom. The molecule has 6 heteroatoms. The first kappa shape index (κ1) is 18.4. The van der Waals surface area contributed by atoms with Gasteiger partial charge in [-0.1, -0.05) is 39.7 Å². The van der Waals surface area contributed by atoms with E-state index >= 15 is 0 Å². The van der Waals surface area contributed by atoms with Crippen molar-refractivity contribution >= 4 is 39.1 Å². The number of nitrogens with one attached hydrogen (secondary N) is 1. The quantitative estimate of drug-likeness (QED) is 0.795. The summed E-state index contributed by atoms with van der Waals surface area (Å²) in [6, 6.07) is 15.6. The Bertz CT molecular complexity index is 698. The molecule has 1 aliphatic heterocycles. The predicted molar refractivity (Wildman–Crippen MR) is 106 cm³/mol. The Kier molecular flexibility index (Phi) is 6.48. The van der Waals surface area contributed by atoms with Crippen LogP contribution in [-0.4, -0.2) is 48.4 Å². The maximum Gasteiger partial charge on any atom is 0.238 e. The Balaban J connectivity index is 1.42. The molecule has 1 heterocycles. The summed E-state index contributed by atoms with van der Waals surface area (Å²) < 4.78 is 1.00. The van der Waals surface area contributed by atoms with Crippen molar-refractivity contribution < 1.29 is 4.79 Å². The second-order valence-electron chi connectivity index (χ2n) is 6.23. The van der Waals surface area contributed by atoms with Crippen LogP contribution in [0.2, 0.25) is 5.02 Å². The zero-order valence-electron chi connectivity index (χ0n) is 13.9. The van der Waals surface area contributed by atoms with Crippen LogP contribution in [0.1, 0.15) is 5.56 Å². The first-order chi connectivity index (χ1) is 12.1. The van der Waals surface area contributed by atoms with Gasteiger partial charge in [-0.05, 0) is 42.0 Å². The molecule has 0 aromatic heterocycles. The minimum absolute atomic E-state index is 0.0356. The third kappa shape index (κ3) is 5.82. The van der Waals surface area contributed by atoms with Crippen LogP contribution in [0.3, 0.4) is 0 Å². The number of carbonyl (C=O) groups excluding carboxylic acids is 1. The van der Waals surface area contributed by atoms with E-state index in [1.807, 2.05) is 36.4 Å². The average molecular weight is 423 g/mol. The molecule has 0 aliphatic carbocycles. The van der Waals surface area contributed by atoms with Crippen molar-refractivity contribution in [1.82, 2.24) is 9.80 Å². The second kappa shape index (κ2) is 8.81. The molecule has 132 valence electrons. The molecule has 1 aliphatic rings. The summed E-state index contributed by atoms with van der Waals surface area (Å²) in [5.41, 5.74) is 2.10. The summed E-state index contributed by atoms with van der Waals surface area (Å²) in [5, 5.41) is 3.71. The maximum atomic E-state index is 12.2. The number of nitrogens with zero attached hydrogens (tertiary/aromatic N) is 2. The number of piperazine rings is 1. The third-order valence-electron chi connectivity index (χ3n) is 4.28. The fourth-order valence-corrected chi connectivity index (χ4v) is 3.28. The molecule has 2 aromatic carbocycles. The first-order valence-electron chi connectivity index (χ1n) is 8.33. The molecule has 4 nitrogen and oxygen atoms in total. The first-order valence-corrected chi connectivity index (χ1v) is 9.50. The van der Waals surface area contributed by atoms with Crippen molar-refractivity contribution in [2.24, 2.45) is 0 Å². The van der Waals surface area contributed by atoms with Gasteiger partial charge in [0.15, 0.2) is 0 Å². The van der Waals surface area contributed by atoms with Gasteiger partial charge >= 0.3 is 0 Å². The monoisotopic (exact) mass is 421 g/mol. The van der Waals surface area contributed by atoms with Gasteiger partial charge in [0.2, 0.25) is 5.91 Å². The van der Waals surface area contributed by atoms with Crippen LogP contribution in [-0.2, 0) is 11.3 Å². The van der Waals surface area contributed by atoms with Crippen molar-refractivity contribution in [2.75, 3.05) is 38.0 Å². The number of carbonyl (C=O) groups is 1. The molecular weight excluding hydrogens is 402 g/mol. The normalized spacial score (nSPS) is 15.9. The highest BCUT2D eigenvalue weighted by atomic mass is 79.9. The third-order valence-corrected chi connectivity index (χ3v) is 5.06. The summed E-state index contributed by atoms with van der Waals surface area (Å²) in [6.07, 6.45) is 0. The maximum absolute atomic E-state index is 12.2. The average Bonchev–Trinajstić information content (AvgIpc) is 2.61. The smallest absolute Gasteiger partial charge is 0.238 e. The van der Waals surface area contributed by atoms with Gasteiger partial charge in [-0.15, -0.1) is 0 Å². The van der Waals surface area contributed by atoms with E-state index < -0.39 is 0 Å². The van der Waals surface area contributed by atoms with Gasteiger partial charge < -0.3 is 5.32 Å². The standard InChI is InChI=1S/C19H21BrClN3O/c20-16-3-7-18(8-4-16)22-19(25)14-24-11-9-23(10-12-24)13-15-1-5-17(21)6-2-15/h1-8H,9-14H2,(H,22,25). The summed E-state index contributed by atoms with van der Waals surface area (Å²) in [6.45, 7) is 5.10. The number of amides is 1. The Labute approximate surface area is 161 Å². The molecule has 1 fully saturated rings. The van der Waals surface area contributed by atoms with Crippen LogP contribution < -0.4 is 5.32 Å². The molecule has 0 radical (unpaired) electrons. The Morgan fingerprint density at radius 1 is 0.960 bits per heavy atom. The highest BCUT2D eigenvalue weighted by Crippen LogP contribution is 2.15. The van der Waals surface area contributed by atoms with E-state index in [1.165, 1.54) is 5.56 Å². The lowest BCUT2D eigenvalue weighted by atomic mass is 10.2. The zero-order chi connectivity index (χ0) is 17.6.